The first-order valence-corrected chi connectivity index (χ1v) is 8.60. The Hall–Kier alpha value is -2.69. The van der Waals surface area contributed by atoms with E-state index in [9.17, 15) is 9.90 Å². The monoisotopic (exact) mass is 340 g/mol. The minimum Gasteiger partial charge on any atom is -0.508 e. The highest BCUT2D eigenvalue weighted by atomic mass is 16.5. The van der Waals surface area contributed by atoms with E-state index < -0.39 is 0 Å². The van der Waals surface area contributed by atoms with Gasteiger partial charge in [0.15, 0.2) is 0 Å². The number of piperidine rings is 1. The molecule has 2 N–H and O–H groups in total. The van der Waals surface area contributed by atoms with Crippen molar-refractivity contribution in [3.8, 4) is 11.5 Å². The lowest BCUT2D eigenvalue weighted by Crippen LogP contribution is -2.48. The van der Waals surface area contributed by atoms with Crippen molar-refractivity contribution in [1.82, 2.24) is 5.32 Å². The number of carbonyl (C=O) groups excluding carboxylic acids is 1. The number of hydrogen-bond acceptors (Lipinski definition) is 4. The molecule has 1 fully saturated rings. The average Bonchev–Trinajstić information content (AvgIpc) is 2.62. The van der Waals surface area contributed by atoms with Crippen LogP contribution in [0.3, 0.4) is 0 Å². The van der Waals surface area contributed by atoms with Gasteiger partial charge in [-0.05, 0) is 42.7 Å². The van der Waals surface area contributed by atoms with Crippen molar-refractivity contribution in [3.63, 3.8) is 0 Å². The highest BCUT2D eigenvalue weighted by molar-refractivity contribution is 5.79. The Balaban J connectivity index is 1.58. The second kappa shape index (κ2) is 7.92. The SMILES string of the molecule is COc1cccc(N2CCC[C@@H](NC(=O)Cc3cccc(O)c3)C2)c1. The molecule has 25 heavy (non-hydrogen) atoms. The Morgan fingerprint density at radius 1 is 1.28 bits per heavy atom. The van der Waals surface area contributed by atoms with Gasteiger partial charge in [0.25, 0.3) is 0 Å². The van der Waals surface area contributed by atoms with Gasteiger partial charge in [0.05, 0.1) is 13.5 Å². The van der Waals surface area contributed by atoms with Crippen molar-refractivity contribution in [3.05, 3.63) is 54.1 Å². The van der Waals surface area contributed by atoms with Gasteiger partial charge >= 0.3 is 0 Å². The molecule has 1 aliphatic heterocycles. The van der Waals surface area contributed by atoms with Crippen LogP contribution in [0.1, 0.15) is 18.4 Å². The fraction of sp³-hybridized carbons (Fsp3) is 0.350. The minimum atomic E-state index is -0.0110. The second-order valence-corrected chi connectivity index (χ2v) is 6.40. The Bertz CT molecular complexity index is 732. The highest BCUT2D eigenvalue weighted by Gasteiger charge is 2.22. The molecule has 0 aliphatic carbocycles. The van der Waals surface area contributed by atoms with E-state index in [0.717, 1.165) is 42.9 Å². The molecule has 1 atom stereocenters. The van der Waals surface area contributed by atoms with Gasteiger partial charge in [-0.15, -0.1) is 0 Å². The fourth-order valence-corrected chi connectivity index (χ4v) is 3.27. The van der Waals surface area contributed by atoms with E-state index >= 15 is 0 Å². The van der Waals surface area contributed by atoms with Crippen LogP contribution in [0.2, 0.25) is 0 Å². The number of nitrogens with one attached hydrogen (secondary N) is 1. The average molecular weight is 340 g/mol. The molecule has 5 nitrogen and oxygen atoms in total. The highest BCUT2D eigenvalue weighted by Crippen LogP contribution is 2.24. The predicted octanol–water partition coefficient (Wildman–Crippen LogP) is 2.73. The quantitative estimate of drug-likeness (QED) is 0.879. The number of aromatic hydroxyl groups is 1. The van der Waals surface area contributed by atoms with Crippen molar-refractivity contribution in [2.45, 2.75) is 25.3 Å². The normalized spacial score (nSPS) is 17.2. The smallest absolute Gasteiger partial charge is 0.224 e. The molecule has 3 rings (SSSR count). The van der Waals surface area contributed by atoms with Crippen molar-refractivity contribution in [2.24, 2.45) is 0 Å². The first kappa shape index (κ1) is 17.1. The molecule has 0 aromatic heterocycles. The van der Waals surface area contributed by atoms with E-state index in [0.29, 0.717) is 0 Å². The second-order valence-electron chi connectivity index (χ2n) is 6.40. The van der Waals surface area contributed by atoms with Gasteiger partial charge in [-0.2, -0.15) is 0 Å². The molecule has 1 amide bonds. The number of methoxy groups -OCH3 is 1. The Morgan fingerprint density at radius 3 is 2.92 bits per heavy atom. The molecule has 1 aliphatic rings. The van der Waals surface area contributed by atoms with Gasteiger partial charge in [0, 0.05) is 30.9 Å². The molecule has 1 heterocycles. The molecule has 0 unspecified atom stereocenters. The number of rotatable bonds is 5. The van der Waals surface area contributed by atoms with E-state index in [1.165, 1.54) is 0 Å². The number of carbonyl (C=O) groups is 1. The molecule has 5 heteroatoms. The summed E-state index contributed by atoms with van der Waals surface area (Å²) in [5, 5.41) is 12.6. The summed E-state index contributed by atoms with van der Waals surface area (Å²) in [6, 6.07) is 15.0. The summed E-state index contributed by atoms with van der Waals surface area (Å²) in [6.45, 7) is 1.77. The molecule has 0 bridgehead atoms. The summed E-state index contributed by atoms with van der Waals surface area (Å²) in [4.78, 5) is 14.6. The van der Waals surface area contributed by atoms with Gasteiger partial charge in [-0.3, -0.25) is 4.79 Å². The summed E-state index contributed by atoms with van der Waals surface area (Å²) < 4.78 is 5.30. The van der Waals surface area contributed by atoms with Gasteiger partial charge in [-0.25, -0.2) is 0 Å². The number of phenols is 1. The summed E-state index contributed by atoms with van der Waals surface area (Å²) in [7, 11) is 1.67. The van der Waals surface area contributed by atoms with Crippen LogP contribution in [0.15, 0.2) is 48.5 Å². The van der Waals surface area contributed by atoms with Gasteiger partial charge in [0.2, 0.25) is 5.91 Å². The molecule has 0 radical (unpaired) electrons. The number of phenolic OH excluding ortho intramolecular Hbond substituents is 1. The topological polar surface area (TPSA) is 61.8 Å². The van der Waals surface area contributed by atoms with Crippen LogP contribution in [0.25, 0.3) is 0 Å². The predicted molar refractivity (Wildman–Crippen MR) is 98.2 cm³/mol. The zero-order chi connectivity index (χ0) is 17.6. The van der Waals surface area contributed by atoms with Crippen LogP contribution < -0.4 is 15.0 Å². The number of benzene rings is 2. The van der Waals surface area contributed by atoms with Crippen molar-refractivity contribution in [1.29, 1.82) is 0 Å². The molecule has 132 valence electrons. The summed E-state index contributed by atoms with van der Waals surface area (Å²) >= 11 is 0. The number of anilines is 1. The molecule has 2 aromatic carbocycles. The number of ether oxygens (including phenoxy) is 1. The summed E-state index contributed by atoms with van der Waals surface area (Å²) in [5.74, 6) is 1.02. The van der Waals surface area contributed by atoms with E-state index in [-0.39, 0.29) is 24.1 Å². The maximum atomic E-state index is 12.3. The Kier molecular flexibility index (Phi) is 5.43. The molecule has 2 aromatic rings. The first-order chi connectivity index (χ1) is 12.1. The first-order valence-electron chi connectivity index (χ1n) is 8.60. The number of hydrogen-bond donors (Lipinski definition) is 2. The van der Waals surface area contributed by atoms with Crippen LogP contribution in [0, 0.1) is 0 Å². The maximum Gasteiger partial charge on any atom is 0.224 e. The minimum absolute atomic E-state index is 0.0110. The molecule has 0 spiro atoms. The molecular weight excluding hydrogens is 316 g/mol. The van der Waals surface area contributed by atoms with E-state index in [2.05, 4.69) is 16.3 Å². The fourth-order valence-electron chi connectivity index (χ4n) is 3.27. The number of amides is 1. The Labute approximate surface area is 148 Å². The lowest BCUT2D eigenvalue weighted by atomic mass is 10.0. The third-order valence-electron chi connectivity index (χ3n) is 4.48. The van der Waals surface area contributed by atoms with Gasteiger partial charge in [-0.1, -0.05) is 18.2 Å². The van der Waals surface area contributed by atoms with E-state index in [1.54, 1.807) is 25.3 Å². The third-order valence-corrected chi connectivity index (χ3v) is 4.48. The largest absolute Gasteiger partial charge is 0.508 e. The van der Waals surface area contributed by atoms with E-state index in [1.807, 2.05) is 24.3 Å². The van der Waals surface area contributed by atoms with Crippen molar-refractivity contribution < 1.29 is 14.6 Å². The Morgan fingerprint density at radius 2 is 2.12 bits per heavy atom. The zero-order valence-corrected chi connectivity index (χ0v) is 14.4. The van der Waals surface area contributed by atoms with Crippen LogP contribution in [-0.4, -0.2) is 37.3 Å². The lowest BCUT2D eigenvalue weighted by Gasteiger charge is -2.35. The number of nitrogens with zero attached hydrogens (tertiary/aromatic N) is 1. The van der Waals surface area contributed by atoms with Gasteiger partial charge < -0.3 is 20.1 Å². The molecule has 1 saturated heterocycles. The lowest BCUT2D eigenvalue weighted by molar-refractivity contribution is -0.121. The molecule has 0 saturated carbocycles. The van der Waals surface area contributed by atoms with Crippen LogP contribution >= 0.6 is 0 Å². The zero-order valence-electron chi connectivity index (χ0n) is 14.4. The van der Waals surface area contributed by atoms with Crippen LogP contribution in [-0.2, 0) is 11.2 Å². The summed E-state index contributed by atoms with van der Waals surface area (Å²) in [6.07, 6.45) is 2.30. The van der Waals surface area contributed by atoms with Gasteiger partial charge in [0.1, 0.15) is 11.5 Å². The maximum absolute atomic E-state index is 12.3. The molecular formula is C20H24N2O3. The van der Waals surface area contributed by atoms with Crippen LogP contribution in [0.4, 0.5) is 5.69 Å². The van der Waals surface area contributed by atoms with Crippen LogP contribution in [0.5, 0.6) is 11.5 Å². The summed E-state index contributed by atoms with van der Waals surface area (Å²) in [5.41, 5.74) is 1.93. The third kappa shape index (κ3) is 4.66. The van der Waals surface area contributed by atoms with E-state index in [4.69, 9.17) is 4.74 Å². The standard InChI is InChI=1S/C20H24N2O3/c1-25-19-9-3-7-17(13-19)22-10-4-6-16(14-22)21-20(24)12-15-5-2-8-18(23)11-15/h2-3,5,7-9,11,13,16,23H,4,6,10,12,14H2,1H3,(H,21,24)/t16-/m1/s1. The van der Waals surface area contributed by atoms with Crippen molar-refractivity contribution in [2.75, 3.05) is 25.1 Å². The van der Waals surface area contributed by atoms with Crippen molar-refractivity contribution >= 4 is 11.6 Å².